The molecular formula is C9H16FNO2. The summed E-state index contributed by atoms with van der Waals surface area (Å²) in [7, 11) is 1.23. The first-order valence-electron chi connectivity index (χ1n) is 4.62. The smallest absolute Gasteiger partial charge is 0.325 e. The number of ether oxygens (including phenoxy) is 1. The summed E-state index contributed by atoms with van der Waals surface area (Å²) >= 11 is 0. The van der Waals surface area contributed by atoms with Crippen molar-refractivity contribution in [2.24, 2.45) is 5.73 Å². The molecule has 76 valence electrons. The van der Waals surface area contributed by atoms with Crippen molar-refractivity contribution in [3.63, 3.8) is 0 Å². The van der Waals surface area contributed by atoms with Crippen molar-refractivity contribution in [1.82, 2.24) is 0 Å². The average Bonchev–Trinajstić information content (AvgIpc) is 2.16. The van der Waals surface area contributed by atoms with E-state index in [0.717, 1.165) is 19.3 Å². The van der Waals surface area contributed by atoms with Crippen LogP contribution in [0.15, 0.2) is 0 Å². The van der Waals surface area contributed by atoms with Gasteiger partial charge in [0.2, 0.25) is 0 Å². The van der Waals surface area contributed by atoms with Crippen LogP contribution in [-0.2, 0) is 9.53 Å². The predicted molar refractivity (Wildman–Crippen MR) is 46.9 cm³/mol. The van der Waals surface area contributed by atoms with Gasteiger partial charge in [-0.3, -0.25) is 4.79 Å². The molecule has 3 nitrogen and oxygen atoms in total. The van der Waals surface area contributed by atoms with Crippen molar-refractivity contribution in [3.8, 4) is 0 Å². The lowest BCUT2D eigenvalue weighted by molar-refractivity contribution is -0.147. The minimum absolute atomic E-state index is 0.378. The van der Waals surface area contributed by atoms with Gasteiger partial charge in [-0.25, -0.2) is 4.39 Å². The van der Waals surface area contributed by atoms with Crippen molar-refractivity contribution in [3.05, 3.63) is 0 Å². The molecule has 1 aliphatic carbocycles. The Morgan fingerprint density at radius 3 is 2.46 bits per heavy atom. The Morgan fingerprint density at radius 1 is 1.46 bits per heavy atom. The third-order valence-electron chi connectivity index (χ3n) is 2.70. The number of methoxy groups -OCH3 is 1. The third kappa shape index (κ3) is 2.18. The largest absolute Gasteiger partial charge is 0.468 e. The van der Waals surface area contributed by atoms with Gasteiger partial charge in [0, 0.05) is 0 Å². The number of nitrogens with two attached hydrogens (primary N) is 1. The molecule has 1 rings (SSSR count). The molecule has 0 aromatic heterocycles. The molecule has 0 aromatic rings. The molecule has 0 amide bonds. The molecule has 4 heteroatoms. The molecule has 2 N–H and O–H groups in total. The SMILES string of the molecule is COC(=O)C(N)C1(F)CCCCC1. The molecule has 1 atom stereocenters. The molecule has 0 aromatic carbocycles. The van der Waals surface area contributed by atoms with E-state index in [2.05, 4.69) is 4.74 Å². The lowest BCUT2D eigenvalue weighted by Gasteiger charge is -2.32. The third-order valence-corrected chi connectivity index (χ3v) is 2.70. The fraction of sp³-hybridized carbons (Fsp3) is 0.889. The molecule has 0 radical (unpaired) electrons. The number of esters is 1. The van der Waals surface area contributed by atoms with E-state index in [-0.39, 0.29) is 0 Å². The maximum Gasteiger partial charge on any atom is 0.325 e. The Labute approximate surface area is 77.4 Å². The van der Waals surface area contributed by atoms with Gasteiger partial charge in [-0.1, -0.05) is 19.3 Å². The Morgan fingerprint density at radius 2 is 2.00 bits per heavy atom. The summed E-state index contributed by atoms with van der Waals surface area (Å²) in [5, 5.41) is 0. The lowest BCUT2D eigenvalue weighted by Crippen LogP contribution is -2.51. The van der Waals surface area contributed by atoms with Crippen LogP contribution in [-0.4, -0.2) is 24.8 Å². The van der Waals surface area contributed by atoms with Gasteiger partial charge in [-0.05, 0) is 12.8 Å². The molecule has 1 aliphatic rings. The van der Waals surface area contributed by atoms with Crippen molar-refractivity contribution in [2.45, 2.75) is 43.8 Å². The van der Waals surface area contributed by atoms with E-state index in [1.54, 1.807) is 0 Å². The van der Waals surface area contributed by atoms with E-state index >= 15 is 0 Å². The highest BCUT2D eigenvalue weighted by atomic mass is 19.1. The summed E-state index contributed by atoms with van der Waals surface area (Å²) in [6, 6.07) is -1.11. The summed E-state index contributed by atoms with van der Waals surface area (Å²) in [6.45, 7) is 0. The highest BCUT2D eigenvalue weighted by Gasteiger charge is 2.42. The zero-order valence-corrected chi connectivity index (χ0v) is 7.88. The Hall–Kier alpha value is -0.640. The monoisotopic (exact) mass is 189 g/mol. The lowest BCUT2D eigenvalue weighted by atomic mass is 9.81. The van der Waals surface area contributed by atoms with Gasteiger partial charge in [0.05, 0.1) is 7.11 Å². The van der Waals surface area contributed by atoms with Gasteiger partial charge < -0.3 is 10.5 Å². The van der Waals surface area contributed by atoms with Gasteiger partial charge in [0.1, 0.15) is 11.7 Å². The van der Waals surface area contributed by atoms with Crippen LogP contribution >= 0.6 is 0 Å². The van der Waals surface area contributed by atoms with Crippen LogP contribution in [0.2, 0.25) is 0 Å². The normalized spacial score (nSPS) is 23.6. The topological polar surface area (TPSA) is 52.3 Å². The molecular weight excluding hydrogens is 173 g/mol. The summed E-state index contributed by atoms with van der Waals surface area (Å²) < 4.78 is 18.4. The number of hydrogen-bond donors (Lipinski definition) is 1. The van der Waals surface area contributed by atoms with Crippen LogP contribution < -0.4 is 5.73 Å². The second-order valence-electron chi connectivity index (χ2n) is 3.60. The van der Waals surface area contributed by atoms with Gasteiger partial charge in [0.15, 0.2) is 0 Å². The molecule has 0 bridgehead atoms. The minimum atomic E-state index is -1.54. The maximum absolute atomic E-state index is 14.0. The summed E-state index contributed by atoms with van der Waals surface area (Å²) in [5.74, 6) is -0.649. The Kier molecular flexibility index (Phi) is 3.25. The fourth-order valence-corrected chi connectivity index (χ4v) is 1.79. The van der Waals surface area contributed by atoms with E-state index in [4.69, 9.17) is 5.73 Å². The highest BCUT2D eigenvalue weighted by Crippen LogP contribution is 2.34. The zero-order valence-electron chi connectivity index (χ0n) is 7.88. The number of hydrogen-bond acceptors (Lipinski definition) is 3. The molecule has 1 unspecified atom stereocenters. The van der Waals surface area contributed by atoms with E-state index in [0.29, 0.717) is 12.8 Å². The van der Waals surface area contributed by atoms with Crippen LogP contribution in [0.4, 0.5) is 4.39 Å². The van der Waals surface area contributed by atoms with Crippen molar-refractivity contribution >= 4 is 5.97 Å². The molecule has 1 fully saturated rings. The number of carbonyl (C=O) groups is 1. The van der Waals surface area contributed by atoms with Gasteiger partial charge in [-0.15, -0.1) is 0 Å². The average molecular weight is 189 g/mol. The van der Waals surface area contributed by atoms with E-state index in [1.165, 1.54) is 7.11 Å². The number of rotatable bonds is 2. The molecule has 0 heterocycles. The van der Waals surface area contributed by atoms with Crippen LogP contribution in [0.5, 0.6) is 0 Å². The molecule has 0 aliphatic heterocycles. The van der Waals surface area contributed by atoms with Crippen LogP contribution in [0.25, 0.3) is 0 Å². The number of alkyl halides is 1. The minimum Gasteiger partial charge on any atom is -0.468 e. The Bertz CT molecular complexity index is 190. The highest BCUT2D eigenvalue weighted by molar-refractivity contribution is 5.77. The van der Waals surface area contributed by atoms with Gasteiger partial charge in [-0.2, -0.15) is 0 Å². The van der Waals surface area contributed by atoms with Crippen LogP contribution in [0, 0.1) is 0 Å². The summed E-state index contributed by atoms with van der Waals surface area (Å²) in [6.07, 6.45) is 3.40. The summed E-state index contributed by atoms with van der Waals surface area (Å²) in [4.78, 5) is 11.0. The van der Waals surface area contributed by atoms with Crippen molar-refractivity contribution in [2.75, 3.05) is 7.11 Å². The second-order valence-corrected chi connectivity index (χ2v) is 3.60. The number of carbonyl (C=O) groups excluding carboxylic acids is 1. The van der Waals surface area contributed by atoms with Gasteiger partial charge in [0.25, 0.3) is 0 Å². The quantitative estimate of drug-likeness (QED) is 0.663. The maximum atomic E-state index is 14.0. The van der Waals surface area contributed by atoms with Crippen molar-refractivity contribution in [1.29, 1.82) is 0 Å². The zero-order chi connectivity index (χ0) is 9.90. The van der Waals surface area contributed by atoms with E-state index < -0.39 is 17.7 Å². The van der Waals surface area contributed by atoms with E-state index in [1.807, 2.05) is 0 Å². The first kappa shape index (κ1) is 10.4. The van der Waals surface area contributed by atoms with Crippen LogP contribution in [0.1, 0.15) is 32.1 Å². The first-order valence-corrected chi connectivity index (χ1v) is 4.62. The van der Waals surface area contributed by atoms with Crippen LogP contribution in [0.3, 0.4) is 0 Å². The van der Waals surface area contributed by atoms with Gasteiger partial charge >= 0.3 is 5.97 Å². The Balaban J connectivity index is 2.61. The molecule has 13 heavy (non-hydrogen) atoms. The first-order chi connectivity index (χ1) is 6.10. The van der Waals surface area contributed by atoms with E-state index in [9.17, 15) is 9.18 Å². The fourth-order valence-electron chi connectivity index (χ4n) is 1.79. The van der Waals surface area contributed by atoms with Crippen molar-refractivity contribution < 1.29 is 13.9 Å². The standard InChI is InChI=1S/C9H16FNO2/c1-13-8(12)7(11)9(10)5-3-2-4-6-9/h7H,2-6,11H2,1H3. The second kappa shape index (κ2) is 4.05. The molecule has 0 saturated heterocycles. The molecule has 1 saturated carbocycles. The predicted octanol–water partition coefficient (Wildman–Crippen LogP) is 1.16. The number of halogens is 1. The summed E-state index contributed by atoms with van der Waals surface area (Å²) in [5.41, 5.74) is 3.95. The molecule has 0 spiro atoms.